The van der Waals surface area contributed by atoms with E-state index in [0.717, 1.165) is 49.8 Å². The van der Waals surface area contributed by atoms with Crippen LogP contribution in [0.25, 0.3) is 0 Å². The van der Waals surface area contributed by atoms with Gasteiger partial charge >= 0.3 is 5.97 Å². The molecule has 1 saturated carbocycles. The summed E-state index contributed by atoms with van der Waals surface area (Å²) in [5, 5.41) is 9.00. The minimum absolute atomic E-state index is 0.123. The Morgan fingerprint density at radius 3 is 2.29 bits per heavy atom. The van der Waals surface area contributed by atoms with E-state index in [1.165, 1.54) is 19.4 Å². The number of aliphatic carboxylic acids is 1. The van der Waals surface area contributed by atoms with Gasteiger partial charge in [0.05, 0.1) is 6.42 Å². The fourth-order valence-corrected chi connectivity index (χ4v) is 3.08. The van der Waals surface area contributed by atoms with Gasteiger partial charge in [0.1, 0.15) is 0 Å². The lowest BCUT2D eigenvalue weighted by Gasteiger charge is -2.35. The van der Waals surface area contributed by atoms with Crippen LogP contribution in [0.4, 0.5) is 0 Å². The van der Waals surface area contributed by atoms with Crippen LogP contribution in [0.3, 0.4) is 0 Å². The minimum Gasteiger partial charge on any atom is -0.481 e. The van der Waals surface area contributed by atoms with Crippen LogP contribution in [0.5, 0.6) is 0 Å². The normalized spacial score (nSPS) is 20.6. The molecule has 1 aromatic rings. The third-order valence-electron chi connectivity index (χ3n) is 4.53. The minimum atomic E-state index is -0.753. The molecular formula is C17H24N2O2. The predicted octanol–water partition coefficient (Wildman–Crippen LogP) is 1.84. The summed E-state index contributed by atoms with van der Waals surface area (Å²) in [6.07, 6.45) is 2.96. The van der Waals surface area contributed by atoms with Gasteiger partial charge in [0.25, 0.3) is 0 Å². The molecule has 0 radical (unpaired) electrons. The Morgan fingerprint density at radius 1 is 1.05 bits per heavy atom. The molecule has 1 heterocycles. The van der Waals surface area contributed by atoms with E-state index in [4.69, 9.17) is 5.11 Å². The molecule has 1 saturated heterocycles. The molecule has 4 heteroatoms. The number of benzene rings is 1. The second-order valence-corrected chi connectivity index (χ2v) is 6.36. The van der Waals surface area contributed by atoms with Crippen LogP contribution in [-0.4, -0.2) is 53.6 Å². The smallest absolute Gasteiger partial charge is 0.307 e. The number of nitrogens with zero attached hydrogens (tertiary/aromatic N) is 2. The van der Waals surface area contributed by atoms with Gasteiger partial charge in [-0.3, -0.25) is 9.69 Å². The first-order chi connectivity index (χ1) is 10.2. The van der Waals surface area contributed by atoms with Gasteiger partial charge in [-0.25, -0.2) is 0 Å². The highest BCUT2D eigenvalue weighted by Gasteiger charge is 2.26. The van der Waals surface area contributed by atoms with Gasteiger partial charge in [0.15, 0.2) is 0 Å². The monoisotopic (exact) mass is 288 g/mol. The highest BCUT2D eigenvalue weighted by atomic mass is 16.4. The largest absolute Gasteiger partial charge is 0.481 e. The number of carboxylic acids is 1. The average molecular weight is 288 g/mol. The quantitative estimate of drug-likeness (QED) is 0.867. The fourth-order valence-electron chi connectivity index (χ4n) is 3.08. The van der Waals surface area contributed by atoms with Crippen LogP contribution in [0, 0.1) is 5.92 Å². The van der Waals surface area contributed by atoms with Crippen LogP contribution in [0.1, 0.15) is 24.0 Å². The van der Waals surface area contributed by atoms with E-state index in [2.05, 4.69) is 15.9 Å². The predicted molar refractivity (Wildman–Crippen MR) is 82.2 cm³/mol. The first-order valence-corrected chi connectivity index (χ1v) is 7.94. The second kappa shape index (κ2) is 6.58. The van der Waals surface area contributed by atoms with E-state index < -0.39 is 5.97 Å². The van der Waals surface area contributed by atoms with Gasteiger partial charge in [0, 0.05) is 39.3 Å². The molecule has 21 heavy (non-hydrogen) atoms. The maximum absolute atomic E-state index is 10.9. The maximum atomic E-state index is 10.9. The van der Waals surface area contributed by atoms with E-state index in [1.54, 1.807) is 0 Å². The van der Waals surface area contributed by atoms with Crippen LogP contribution >= 0.6 is 0 Å². The zero-order chi connectivity index (χ0) is 14.7. The topological polar surface area (TPSA) is 43.8 Å². The first kappa shape index (κ1) is 14.5. The summed E-state index contributed by atoms with van der Waals surface area (Å²) in [5.41, 5.74) is 2.11. The highest BCUT2D eigenvalue weighted by Crippen LogP contribution is 2.30. The molecule has 1 N–H and O–H groups in total. The maximum Gasteiger partial charge on any atom is 0.307 e. The van der Waals surface area contributed by atoms with Crippen molar-refractivity contribution in [2.75, 3.05) is 32.7 Å². The summed E-state index contributed by atoms with van der Waals surface area (Å²) in [6.45, 7) is 6.64. The van der Waals surface area contributed by atoms with E-state index in [9.17, 15) is 4.79 Å². The zero-order valence-corrected chi connectivity index (χ0v) is 12.5. The Balaban J connectivity index is 1.53. The molecule has 0 atom stereocenters. The number of carbonyl (C=O) groups is 1. The van der Waals surface area contributed by atoms with Crippen LogP contribution < -0.4 is 0 Å². The molecular weight excluding hydrogens is 264 g/mol. The van der Waals surface area contributed by atoms with E-state index >= 15 is 0 Å². The van der Waals surface area contributed by atoms with Crippen molar-refractivity contribution in [1.29, 1.82) is 0 Å². The number of piperazine rings is 1. The van der Waals surface area contributed by atoms with Gasteiger partial charge in [-0.05, 0) is 29.9 Å². The molecule has 0 spiro atoms. The second-order valence-electron chi connectivity index (χ2n) is 6.36. The molecule has 3 rings (SSSR count). The van der Waals surface area contributed by atoms with Crippen molar-refractivity contribution in [3.63, 3.8) is 0 Å². The molecule has 0 aromatic heterocycles. The summed E-state index contributed by atoms with van der Waals surface area (Å²) in [5.74, 6) is 0.213. The Kier molecular flexibility index (Phi) is 4.56. The summed E-state index contributed by atoms with van der Waals surface area (Å²) in [4.78, 5) is 16.0. The summed E-state index contributed by atoms with van der Waals surface area (Å²) in [6, 6.07) is 7.93. The first-order valence-electron chi connectivity index (χ1n) is 7.94. The third kappa shape index (κ3) is 4.29. The van der Waals surface area contributed by atoms with Gasteiger partial charge in [-0.2, -0.15) is 0 Å². The number of carboxylic acid groups (broad SMARTS) is 1. The molecule has 2 aliphatic rings. The van der Waals surface area contributed by atoms with Crippen molar-refractivity contribution in [3.8, 4) is 0 Å². The zero-order valence-electron chi connectivity index (χ0n) is 12.5. The number of hydrogen-bond donors (Lipinski definition) is 1. The lowest BCUT2D eigenvalue weighted by molar-refractivity contribution is -0.136. The highest BCUT2D eigenvalue weighted by molar-refractivity contribution is 5.70. The average Bonchev–Trinajstić information content (AvgIpc) is 3.27. The number of rotatable bonds is 6. The lowest BCUT2D eigenvalue weighted by atomic mass is 10.0. The molecule has 0 bridgehead atoms. The number of hydrogen-bond acceptors (Lipinski definition) is 3. The van der Waals surface area contributed by atoms with Gasteiger partial charge in [-0.1, -0.05) is 24.3 Å². The van der Waals surface area contributed by atoms with Gasteiger partial charge in [0.2, 0.25) is 0 Å². The molecule has 1 aliphatic heterocycles. The van der Waals surface area contributed by atoms with Crippen molar-refractivity contribution in [3.05, 3.63) is 35.4 Å². The van der Waals surface area contributed by atoms with Crippen LogP contribution in [0.2, 0.25) is 0 Å². The fraction of sp³-hybridized carbons (Fsp3) is 0.588. The molecule has 0 unspecified atom stereocenters. The standard InChI is InChI=1S/C17H24N2O2/c20-17(21)11-15-3-1-2-4-16(15)13-19-9-7-18(8-10-19)12-14-5-6-14/h1-4,14H,5-13H2,(H,20,21). The third-order valence-corrected chi connectivity index (χ3v) is 4.53. The summed E-state index contributed by atoms with van der Waals surface area (Å²) in [7, 11) is 0. The Morgan fingerprint density at radius 2 is 1.67 bits per heavy atom. The Bertz CT molecular complexity index is 491. The van der Waals surface area contributed by atoms with Crippen molar-refractivity contribution >= 4 is 5.97 Å². The molecule has 4 nitrogen and oxygen atoms in total. The van der Waals surface area contributed by atoms with Crippen molar-refractivity contribution < 1.29 is 9.90 Å². The van der Waals surface area contributed by atoms with Gasteiger partial charge in [-0.15, -0.1) is 0 Å². The Hall–Kier alpha value is -1.39. The molecule has 2 fully saturated rings. The Labute approximate surface area is 126 Å². The van der Waals surface area contributed by atoms with Crippen LogP contribution in [-0.2, 0) is 17.8 Å². The van der Waals surface area contributed by atoms with Crippen molar-refractivity contribution in [2.45, 2.75) is 25.8 Å². The molecule has 114 valence electrons. The lowest BCUT2D eigenvalue weighted by Crippen LogP contribution is -2.46. The molecule has 0 amide bonds. The summed E-state index contributed by atoms with van der Waals surface area (Å²) < 4.78 is 0. The van der Waals surface area contributed by atoms with Gasteiger partial charge < -0.3 is 10.0 Å². The molecule has 1 aliphatic carbocycles. The van der Waals surface area contributed by atoms with E-state index in [-0.39, 0.29) is 6.42 Å². The van der Waals surface area contributed by atoms with E-state index in [1.807, 2.05) is 18.2 Å². The summed E-state index contributed by atoms with van der Waals surface area (Å²) >= 11 is 0. The van der Waals surface area contributed by atoms with Crippen LogP contribution in [0.15, 0.2) is 24.3 Å². The SMILES string of the molecule is O=C(O)Cc1ccccc1CN1CCN(CC2CC2)CC1. The van der Waals surface area contributed by atoms with Crippen molar-refractivity contribution in [1.82, 2.24) is 9.80 Å². The van der Waals surface area contributed by atoms with Crippen molar-refractivity contribution in [2.24, 2.45) is 5.92 Å². The molecule has 1 aromatic carbocycles. The van der Waals surface area contributed by atoms with E-state index in [0.29, 0.717) is 0 Å².